The molecule has 0 bridgehead atoms. The first kappa shape index (κ1) is 14.9. The number of hydrogen-bond donors (Lipinski definition) is 1. The first-order valence-electron chi connectivity index (χ1n) is 6.82. The second-order valence-corrected chi connectivity index (χ2v) is 6.27. The minimum Gasteiger partial charge on any atom is -0.375 e. The number of carbonyl (C=O) groups excluding carboxylic acids is 2. The molecule has 22 heavy (non-hydrogen) atoms. The number of aliphatic hydroxyl groups is 1. The van der Waals surface area contributed by atoms with Gasteiger partial charge in [-0.25, -0.2) is 0 Å². The number of fused-ring (bicyclic) bond motifs is 1. The van der Waals surface area contributed by atoms with Crippen molar-refractivity contribution in [1.82, 2.24) is 0 Å². The molecule has 2 aromatic rings. The molecule has 3 rings (SSSR count). The normalized spacial score (nSPS) is 20.1. The van der Waals surface area contributed by atoms with Crippen LogP contribution in [0.4, 0.5) is 5.69 Å². The number of halogens is 1. The van der Waals surface area contributed by atoms with Crippen LogP contribution in [0, 0.1) is 0 Å². The molecule has 1 amide bonds. The lowest BCUT2D eigenvalue weighted by Crippen LogP contribution is -2.40. The number of hydrogen-bond acceptors (Lipinski definition) is 3. The molecule has 2 aromatic carbocycles. The van der Waals surface area contributed by atoms with Gasteiger partial charge in [-0.05, 0) is 18.2 Å². The summed E-state index contributed by atoms with van der Waals surface area (Å²) in [6.45, 7) is 0. The van der Waals surface area contributed by atoms with Crippen LogP contribution in [0.1, 0.15) is 22.3 Å². The van der Waals surface area contributed by atoms with E-state index >= 15 is 0 Å². The van der Waals surface area contributed by atoms with Crippen molar-refractivity contribution >= 4 is 33.3 Å². The number of amides is 1. The van der Waals surface area contributed by atoms with Gasteiger partial charge in [-0.2, -0.15) is 0 Å². The van der Waals surface area contributed by atoms with Crippen LogP contribution in [0.15, 0.2) is 53.0 Å². The molecule has 0 aromatic heterocycles. The molecule has 1 heterocycles. The van der Waals surface area contributed by atoms with E-state index in [1.165, 1.54) is 4.90 Å². The molecule has 1 atom stereocenters. The summed E-state index contributed by atoms with van der Waals surface area (Å²) in [5.41, 5.74) is -0.258. The lowest BCUT2D eigenvalue weighted by Gasteiger charge is -2.21. The maximum absolute atomic E-state index is 12.5. The molecule has 4 nitrogen and oxygen atoms in total. The van der Waals surface area contributed by atoms with E-state index in [4.69, 9.17) is 0 Å². The Balaban J connectivity index is 2.01. The Labute approximate surface area is 136 Å². The van der Waals surface area contributed by atoms with Crippen LogP contribution in [-0.4, -0.2) is 23.8 Å². The highest BCUT2D eigenvalue weighted by atomic mass is 79.9. The molecule has 112 valence electrons. The van der Waals surface area contributed by atoms with E-state index in [0.717, 1.165) is 4.47 Å². The number of nitrogens with zero attached hydrogens (tertiary/aromatic N) is 1. The zero-order valence-corrected chi connectivity index (χ0v) is 13.5. The Kier molecular flexibility index (Phi) is 3.62. The van der Waals surface area contributed by atoms with Gasteiger partial charge in [-0.15, -0.1) is 0 Å². The Morgan fingerprint density at radius 1 is 1.23 bits per heavy atom. The summed E-state index contributed by atoms with van der Waals surface area (Å²) in [4.78, 5) is 26.3. The second kappa shape index (κ2) is 5.34. The van der Waals surface area contributed by atoms with Crippen LogP contribution in [0.5, 0.6) is 0 Å². The smallest absolute Gasteiger partial charge is 0.263 e. The number of anilines is 1. The number of likely N-dealkylation sites (N-methyl/N-ethyl adjacent to an activating group) is 1. The number of benzene rings is 2. The molecule has 0 unspecified atom stereocenters. The minimum atomic E-state index is -1.82. The summed E-state index contributed by atoms with van der Waals surface area (Å²) in [5, 5.41) is 10.9. The third-order valence-electron chi connectivity index (χ3n) is 3.94. The molecule has 1 aliphatic heterocycles. The van der Waals surface area contributed by atoms with E-state index in [9.17, 15) is 14.7 Å². The van der Waals surface area contributed by atoms with Gasteiger partial charge in [-0.3, -0.25) is 9.59 Å². The van der Waals surface area contributed by atoms with E-state index in [-0.39, 0.29) is 12.2 Å². The van der Waals surface area contributed by atoms with Gasteiger partial charge in [0.15, 0.2) is 11.4 Å². The summed E-state index contributed by atoms with van der Waals surface area (Å²) >= 11 is 3.34. The lowest BCUT2D eigenvalue weighted by molar-refractivity contribution is -0.135. The van der Waals surface area contributed by atoms with Gasteiger partial charge in [0.2, 0.25) is 0 Å². The number of carbonyl (C=O) groups is 2. The zero-order chi connectivity index (χ0) is 15.9. The summed E-state index contributed by atoms with van der Waals surface area (Å²) in [7, 11) is 1.60. The molecule has 0 aliphatic carbocycles. The van der Waals surface area contributed by atoms with Crippen LogP contribution >= 0.6 is 15.9 Å². The Morgan fingerprint density at radius 3 is 2.59 bits per heavy atom. The fraction of sp³-hybridized carbons (Fsp3) is 0.176. The SMILES string of the molecule is CN1C(=O)[C@](O)(CC(=O)c2ccccc2)c2cc(Br)ccc21. The van der Waals surface area contributed by atoms with Crippen LogP contribution in [0.3, 0.4) is 0 Å². The van der Waals surface area contributed by atoms with Gasteiger partial charge in [0, 0.05) is 22.6 Å². The van der Waals surface area contributed by atoms with Gasteiger partial charge >= 0.3 is 0 Å². The molecular weight excluding hydrogens is 346 g/mol. The average Bonchev–Trinajstić information content (AvgIpc) is 2.70. The first-order valence-corrected chi connectivity index (χ1v) is 7.61. The molecule has 0 saturated heterocycles. The van der Waals surface area contributed by atoms with Crippen molar-refractivity contribution < 1.29 is 14.7 Å². The molecule has 5 heteroatoms. The van der Waals surface area contributed by atoms with Gasteiger partial charge in [-0.1, -0.05) is 46.3 Å². The van der Waals surface area contributed by atoms with E-state index in [2.05, 4.69) is 15.9 Å². The van der Waals surface area contributed by atoms with Gasteiger partial charge in [0.25, 0.3) is 5.91 Å². The third-order valence-corrected chi connectivity index (χ3v) is 4.43. The molecule has 1 N–H and O–H groups in total. The van der Waals surface area contributed by atoms with Crippen LogP contribution in [0.25, 0.3) is 0 Å². The van der Waals surface area contributed by atoms with Crippen molar-refractivity contribution in [2.75, 3.05) is 11.9 Å². The van der Waals surface area contributed by atoms with E-state index in [0.29, 0.717) is 16.8 Å². The standard InChI is InChI=1S/C17H14BrNO3/c1-19-14-8-7-12(18)9-13(14)17(22,16(19)21)10-15(20)11-5-3-2-4-6-11/h2-9,22H,10H2,1H3/t17-/m0/s1. The van der Waals surface area contributed by atoms with Crippen molar-refractivity contribution in [2.45, 2.75) is 12.0 Å². The predicted octanol–water partition coefficient (Wildman–Crippen LogP) is 2.89. The van der Waals surface area contributed by atoms with Crippen molar-refractivity contribution in [3.63, 3.8) is 0 Å². The largest absolute Gasteiger partial charge is 0.375 e. The molecular formula is C17H14BrNO3. The fourth-order valence-electron chi connectivity index (χ4n) is 2.76. The summed E-state index contributed by atoms with van der Waals surface area (Å²) in [5.74, 6) is -0.748. The third kappa shape index (κ3) is 2.26. The number of ketones is 1. The van der Waals surface area contributed by atoms with Crippen molar-refractivity contribution in [3.05, 3.63) is 64.1 Å². The van der Waals surface area contributed by atoms with Gasteiger partial charge < -0.3 is 10.0 Å². The van der Waals surface area contributed by atoms with Crippen molar-refractivity contribution in [2.24, 2.45) is 0 Å². The monoisotopic (exact) mass is 359 g/mol. The summed E-state index contributed by atoms with van der Waals surface area (Å²) in [6.07, 6.45) is -0.274. The molecule has 0 saturated carbocycles. The zero-order valence-electron chi connectivity index (χ0n) is 11.9. The molecule has 0 radical (unpaired) electrons. The molecule has 1 aliphatic rings. The number of Topliss-reactive ketones (excluding diaryl/α,β-unsaturated/α-hetero) is 1. The maximum atomic E-state index is 12.5. The number of rotatable bonds is 3. The van der Waals surface area contributed by atoms with Gasteiger partial charge in [0.05, 0.1) is 12.1 Å². The van der Waals surface area contributed by atoms with E-state index in [1.807, 2.05) is 6.07 Å². The molecule has 0 spiro atoms. The second-order valence-electron chi connectivity index (χ2n) is 5.35. The van der Waals surface area contributed by atoms with Crippen LogP contribution in [-0.2, 0) is 10.4 Å². The van der Waals surface area contributed by atoms with Crippen molar-refractivity contribution in [1.29, 1.82) is 0 Å². The summed E-state index contributed by atoms with van der Waals surface area (Å²) < 4.78 is 0.750. The summed E-state index contributed by atoms with van der Waals surface area (Å²) in [6, 6.07) is 13.9. The Hall–Kier alpha value is -1.98. The Morgan fingerprint density at radius 2 is 1.91 bits per heavy atom. The topological polar surface area (TPSA) is 57.6 Å². The fourth-order valence-corrected chi connectivity index (χ4v) is 3.12. The Bertz CT molecular complexity index is 760. The average molecular weight is 360 g/mol. The van der Waals surface area contributed by atoms with Crippen LogP contribution < -0.4 is 4.90 Å². The highest BCUT2D eigenvalue weighted by molar-refractivity contribution is 9.10. The van der Waals surface area contributed by atoms with Gasteiger partial charge in [0.1, 0.15) is 0 Å². The predicted molar refractivity (Wildman–Crippen MR) is 86.8 cm³/mol. The lowest BCUT2D eigenvalue weighted by atomic mass is 9.88. The maximum Gasteiger partial charge on any atom is 0.263 e. The van der Waals surface area contributed by atoms with Crippen LogP contribution in [0.2, 0.25) is 0 Å². The van der Waals surface area contributed by atoms with E-state index < -0.39 is 11.5 Å². The van der Waals surface area contributed by atoms with Crippen molar-refractivity contribution in [3.8, 4) is 0 Å². The van der Waals surface area contributed by atoms with E-state index in [1.54, 1.807) is 49.5 Å². The highest BCUT2D eigenvalue weighted by Crippen LogP contribution is 2.43. The first-order chi connectivity index (χ1) is 10.4. The quantitative estimate of drug-likeness (QED) is 0.857. The highest BCUT2D eigenvalue weighted by Gasteiger charge is 2.49. The minimum absolute atomic E-state index is 0.266. The molecule has 0 fully saturated rings.